The number of anilines is 2. The minimum absolute atomic E-state index is 0.447. The molecule has 0 bridgehead atoms. The van der Waals surface area contributed by atoms with E-state index in [-0.39, 0.29) is 0 Å². The van der Waals surface area contributed by atoms with Crippen molar-refractivity contribution in [3.05, 3.63) is 54.1 Å². The summed E-state index contributed by atoms with van der Waals surface area (Å²) in [6.07, 6.45) is 0. The lowest BCUT2D eigenvalue weighted by molar-refractivity contribution is 0.100. The van der Waals surface area contributed by atoms with E-state index in [9.17, 15) is 4.79 Å². The van der Waals surface area contributed by atoms with Gasteiger partial charge in [0.25, 0.3) is 0 Å². The van der Waals surface area contributed by atoms with Crippen molar-refractivity contribution in [1.82, 2.24) is 5.32 Å². The number of primary amides is 1. The summed E-state index contributed by atoms with van der Waals surface area (Å²) in [5.74, 6) is 0.314. The van der Waals surface area contributed by atoms with E-state index >= 15 is 0 Å². The Morgan fingerprint density at radius 1 is 1.19 bits per heavy atom. The average Bonchev–Trinajstić information content (AvgIpc) is 2.49. The molecule has 0 aliphatic rings. The third kappa shape index (κ3) is 4.22. The van der Waals surface area contributed by atoms with E-state index in [0.29, 0.717) is 12.2 Å². The molecule has 0 saturated carbocycles. The van der Waals surface area contributed by atoms with Crippen molar-refractivity contribution >= 4 is 17.3 Å². The van der Waals surface area contributed by atoms with Gasteiger partial charge >= 0.3 is 0 Å². The summed E-state index contributed by atoms with van der Waals surface area (Å²) in [6, 6.07) is 14.7. The number of para-hydroxylation sites is 2. The topological polar surface area (TPSA) is 76.4 Å². The number of hydrogen-bond donors (Lipinski definition) is 3. The molecule has 2 aromatic carbocycles. The van der Waals surface area contributed by atoms with Gasteiger partial charge in [0.2, 0.25) is 5.91 Å². The van der Waals surface area contributed by atoms with Crippen molar-refractivity contribution in [2.75, 3.05) is 25.5 Å². The molecule has 0 heterocycles. The molecule has 5 nitrogen and oxygen atoms in total. The average molecular weight is 285 g/mol. The van der Waals surface area contributed by atoms with E-state index in [1.54, 1.807) is 18.2 Å². The number of carbonyl (C=O) groups excluding carboxylic acids is 1. The highest BCUT2D eigenvalue weighted by atomic mass is 16.5. The van der Waals surface area contributed by atoms with Crippen LogP contribution >= 0.6 is 0 Å². The SMILES string of the molecule is CNCCOc1ccccc1Nc1cccc(C(N)=O)c1. The largest absolute Gasteiger partial charge is 0.490 e. The smallest absolute Gasteiger partial charge is 0.248 e. The van der Waals surface area contributed by atoms with Gasteiger partial charge in [-0.25, -0.2) is 0 Å². The zero-order valence-corrected chi connectivity index (χ0v) is 11.9. The summed E-state index contributed by atoms with van der Waals surface area (Å²) in [4.78, 5) is 11.2. The number of nitrogens with one attached hydrogen (secondary N) is 2. The van der Waals surface area contributed by atoms with Crippen LogP contribution in [0.1, 0.15) is 10.4 Å². The maximum Gasteiger partial charge on any atom is 0.248 e. The molecule has 21 heavy (non-hydrogen) atoms. The van der Waals surface area contributed by atoms with Crippen LogP contribution in [0.15, 0.2) is 48.5 Å². The first-order valence-corrected chi connectivity index (χ1v) is 6.74. The maximum absolute atomic E-state index is 11.2. The summed E-state index contributed by atoms with van der Waals surface area (Å²) in [5.41, 5.74) is 7.39. The predicted octanol–water partition coefficient (Wildman–Crippen LogP) is 2.13. The zero-order chi connectivity index (χ0) is 15.1. The second-order valence-electron chi connectivity index (χ2n) is 4.52. The number of rotatable bonds is 7. The summed E-state index contributed by atoms with van der Waals surface area (Å²) in [6.45, 7) is 1.35. The Balaban J connectivity index is 2.15. The maximum atomic E-state index is 11.2. The Kier molecular flexibility index (Phi) is 5.17. The number of hydrogen-bond acceptors (Lipinski definition) is 4. The van der Waals surface area contributed by atoms with E-state index in [2.05, 4.69) is 10.6 Å². The number of nitrogens with two attached hydrogens (primary N) is 1. The molecule has 0 aromatic heterocycles. The van der Waals surface area contributed by atoms with Crippen molar-refractivity contribution < 1.29 is 9.53 Å². The van der Waals surface area contributed by atoms with Crippen LogP contribution in [-0.4, -0.2) is 26.1 Å². The molecule has 4 N–H and O–H groups in total. The molecule has 0 aliphatic carbocycles. The lowest BCUT2D eigenvalue weighted by Crippen LogP contribution is -2.16. The second kappa shape index (κ2) is 7.31. The number of benzene rings is 2. The molecule has 0 atom stereocenters. The molecule has 110 valence electrons. The Morgan fingerprint density at radius 2 is 2.00 bits per heavy atom. The third-order valence-electron chi connectivity index (χ3n) is 2.92. The summed E-state index contributed by atoms with van der Waals surface area (Å²) >= 11 is 0. The molecule has 1 amide bonds. The van der Waals surface area contributed by atoms with Crippen LogP contribution in [0.25, 0.3) is 0 Å². The lowest BCUT2D eigenvalue weighted by Gasteiger charge is -2.13. The van der Waals surface area contributed by atoms with Gasteiger partial charge in [-0.15, -0.1) is 0 Å². The standard InChI is InChI=1S/C16H19N3O2/c1-18-9-10-21-15-8-3-2-7-14(15)19-13-6-4-5-12(11-13)16(17)20/h2-8,11,18-19H,9-10H2,1H3,(H2,17,20). The van der Waals surface area contributed by atoms with E-state index in [0.717, 1.165) is 23.7 Å². The van der Waals surface area contributed by atoms with Crippen molar-refractivity contribution in [3.8, 4) is 5.75 Å². The number of ether oxygens (including phenoxy) is 1. The highest BCUT2D eigenvalue weighted by Crippen LogP contribution is 2.27. The van der Waals surface area contributed by atoms with Crippen molar-refractivity contribution in [2.45, 2.75) is 0 Å². The van der Waals surface area contributed by atoms with Crippen LogP contribution in [0.4, 0.5) is 11.4 Å². The quantitative estimate of drug-likeness (QED) is 0.681. The summed E-state index contributed by atoms with van der Waals surface area (Å²) in [7, 11) is 1.88. The fraction of sp³-hybridized carbons (Fsp3) is 0.188. The molecule has 2 aromatic rings. The van der Waals surface area contributed by atoms with Gasteiger partial charge in [0, 0.05) is 17.8 Å². The Labute approximate surface area is 124 Å². The number of amides is 1. The first-order chi connectivity index (χ1) is 10.2. The predicted molar refractivity (Wildman–Crippen MR) is 84.1 cm³/mol. The van der Waals surface area contributed by atoms with Gasteiger partial charge in [0.1, 0.15) is 12.4 Å². The van der Waals surface area contributed by atoms with Crippen LogP contribution in [0.2, 0.25) is 0 Å². The van der Waals surface area contributed by atoms with Crippen molar-refractivity contribution in [2.24, 2.45) is 5.73 Å². The summed E-state index contributed by atoms with van der Waals surface area (Å²) < 4.78 is 5.71. The first kappa shape index (κ1) is 14.9. The zero-order valence-electron chi connectivity index (χ0n) is 11.9. The number of carbonyl (C=O) groups is 1. The van der Waals surface area contributed by atoms with Crippen LogP contribution in [0.5, 0.6) is 5.75 Å². The molecule has 0 fully saturated rings. The molecule has 2 rings (SSSR count). The van der Waals surface area contributed by atoms with Crippen molar-refractivity contribution in [1.29, 1.82) is 0 Å². The Morgan fingerprint density at radius 3 is 2.76 bits per heavy atom. The normalized spacial score (nSPS) is 10.1. The summed E-state index contributed by atoms with van der Waals surface area (Å²) in [5, 5.41) is 6.27. The van der Waals surface area contributed by atoms with E-state index in [4.69, 9.17) is 10.5 Å². The van der Waals surface area contributed by atoms with E-state index in [1.807, 2.05) is 37.4 Å². The van der Waals surface area contributed by atoms with Gasteiger partial charge in [0.05, 0.1) is 5.69 Å². The fourth-order valence-electron chi connectivity index (χ4n) is 1.86. The molecule has 0 radical (unpaired) electrons. The Hall–Kier alpha value is -2.53. The highest BCUT2D eigenvalue weighted by molar-refractivity contribution is 5.94. The van der Waals surface area contributed by atoms with Gasteiger partial charge in [-0.1, -0.05) is 18.2 Å². The van der Waals surface area contributed by atoms with Crippen LogP contribution in [-0.2, 0) is 0 Å². The van der Waals surface area contributed by atoms with Crippen LogP contribution in [0.3, 0.4) is 0 Å². The number of likely N-dealkylation sites (N-methyl/N-ethyl adjacent to an activating group) is 1. The Bertz CT molecular complexity index is 614. The fourth-order valence-corrected chi connectivity index (χ4v) is 1.86. The van der Waals surface area contributed by atoms with Gasteiger partial charge in [-0.05, 0) is 37.4 Å². The van der Waals surface area contributed by atoms with Crippen LogP contribution in [0, 0.1) is 0 Å². The first-order valence-electron chi connectivity index (χ1n) is 6.74. The molecule has 0 unspecified atom stereocenters. The minimum atomic E-state index is -0.447. The van der Waals surface area contributed by atoms with Gasteiger partial charge in [-0.2, -0.15) is 0 Å². The van der Waals surface area contributed by atoms with E-state index < -0.39 is 5.91 Å². The molecular weight excluding hydrogens is 266 g/mol. The van der Waals surface area contributed by atoms with Gasteiger partial charge in [-0.3, -0.25) is 4.79 Å². The minimum Gasteiger partial charge on any atom is -0.490 e. The van der Waals surface area contributed by atoms with Crippen LogP contribution < -0.4 is 21.1 Å². The lowest BCUT2D eigenvalue weighted by atomic mass is 10.2. The molecule has 0 aliphatic heterocycles. The molecule has 5 heteroatoms. The third-order valence-corrected chi connectivity index (χ3v) is 2.92. The molecule has 0 saturated heterocycles. The molecule has 0 spiro atoms. The monoisotopic (exact) mass is 285 g/mol. The van der Waals surface area contributed by atoms with Gasteiger partial charge < -0.3 is 21.1 Å². The van der Waals surface area contributed by atoms with Gasteiger partial charge in [0.15, 0.2) is 0 Å². The second-order valence-corrected chi connectivity index (χ2v) is 4.52. The van der Waals surface area contributed by atoms with E-state index in [1.165, 1.54) is 0 Å². The highest BCUT2D eigenvalue weighted by Gasteiger charge is 2.05. The molecular formula is C16H19N3O2. The van der Waals surface area contributed by atoms with Crippen molar-refractivity contribution in [3.63, 3.8) is 0 Å².